The van der Waals surface area contributed by atoms with Crippen LogP contribution < -0.4 is 10.6 Å². The summed E-state index contributed by atoms with van der Waals surface area (Å²) in [6, 6.07) is 3.74. The van der Waals surface area contributed by atoms with E-state index in [1.807, 2.05) is 17.5 Å². The molecule has 1 aromatic heterocycles. The van der Waals surface area contributed by atoms with Crippen LogP contribution in [0.5, 0.6) is 0 Å². The smallest absolute Gasteiger partial charge is 0.261 e. The maximum Gasteiger partial charge on any atom is 0.261 e. The summed E-state index contributed by atoms with van der Waals surface area (Å²) in [5, 5.41) is 8.27. The molecule has 1 amide bonds. The second-order valence-corrected chi connectivity index (χ2v) is 7.74. The Morgan fingerprint density at radius 2 is 2.36 bits per heavy atom. The first-order chi connectivity index (χ1) is 12.2. The summed E-state index contributed by atoms with van der Waals surface area (Å²) < 4.78 is 5.61. The number of carbonyl (C=O) groups excluding carboxylic acids is 1. The van der Waals surface area contributed by atoms with Crippen molar-refractivity contribution in [1.29, 1.82) is 0 Å². The average Bonchev–Trinajstić information content (AvgIpc) is 3.37. The van der Waals surface area contributed by atoms with Gasteiger partial charge in [-0.05, 0) is 37.6 Å². The van der Waals surface area contributed by atoms with E-state index in [1.54, 1.807) is 0 Å². The highest BCUT2D eigenvalue weighted by molar-refractivity contribution is 7.12. The minimum absolute atomic E-state index is 0.00797. The molecule has 0 radical (unpaired) electrons. The van der Waals surface area contributed by atoms with Gasteiger partial charge in [-0.3, -0.25) is 9.79 Å². The Bertz CT molecular complexity index is 582. The van der Waals surface area contributed by atoms with E-state index in [2.05, 4.69) is 22.5 Å². The maximum atomic E-state index is 11.9. The van der Waals surface area contributed by atoms with E-state index in [1.165, 1.54) is 17.8 Å². The van der Waals surface area contributed by atoms with Crippen LogP contribution >= 0.6 is 11.3 Å². The lowest BCUT2D eigenvalue weighted by atomic mass is 9.87. The van der Waals surface area contributed by atoms with Crippen LogP contribution in [-0.4, -0.2) is 62.7 Å². The van der Waals surface area contributed by atoms with Crippen LogP contribution in [-0.2, 0) is 4.74 Å². The number of hydrogen-bond donors (Lipinski definition) is 2. The number of thiophene rings is 1. The van der Waals surface area contributed by atoms with Gasteiger partial charge in [0.25, 0.3) is 5.91 Å². The molecule has 2 saturated heterocycles. The van der Waals surface area contributed by atoms with Crippen molar-refractivity contribution >= 4 is 23.2 Å². The largest absolute Gasteiger partial charge is 0.381 e. The Kier molecular flexibility index (Phi) is 6.31. The van der Waals surface area contributed by atoms with Gasteiger partial charge in [0.05, 0.1) is 11.5 Å². The Labute approximate surface area is 153 Å². The van der Waals surface area contributed by atoms with Crippen LogP contribution in [0.15, 0.2) is 22.5 Å². The van der Waals surface area contributed by atoms with Gasteiger partial charge >= 0.3 is 0 Å². The monoisotopic (exact) mass is 364 g/mol. The zero-order valence-corrected chi connectivity index (χ0v) is 15.7. The van der Waals surface area contributed by atoms with E-state index in [0.717, 1.165) is 56.5 Å². The van der Waals surface area contributed by atoms with E-state index >= 15 is 0 Å². The minimum Gasteiger partial charge on any atom is -0.381 e. The number of ether oxygens (including phenoxy) is 1. The molecule has 0 bridgehead atoms. The number of aliphatic imine (C=N–C) groups is 1. The van der Waals surface area contributed by atoms with Crippen molar-refractivity contribution in [3.8, 4) is 0 Å². The van der Waals surface area contributed by atoms with Gasteiger partial charge < -0.3 is 20.3 Å². The standard InChI is InChI=1S/C18H28N4O2S/c1-2-19-17(22-10-6-18(13-22)7-11-24-14-18)21-9-4-8-20-16(23)15-5-3-12-25-15/h3,5,12H,2,4,6-11,13-14H2,1H3,(H,19,21)(H,20,23). The van der Waals surface area contributed by atoms with Gasteiger partial charge in [0.15, 0.2) is 5.96 Å². The molecule has 3 heterocycles. The number of nitrogens with zero attached hydrogens (tertiary/aromatic N) is 2. The fraction of sp³-hybridized carbons (Fsp3) is 0.667. The predicted molar refractivity (Wildman–Crippen MR) is 101 cm³/mol. The molecule has 3 rings (SSSR count). The summed E-state index contributed by atoms with van der Waals surface area (Å²) in [4.78, 5) is 19.8. The molecule has 1 unspecified atom stereocenters. The lowest BCUT2D eigenvalue weighted by molar-refractivity contribution is 0.0957. The SMILES string of the molecule is CCNC(=NCCCNC(=O)c1cccs1)N1CCC2(CCOC2)C1. The minimum atomic E-state index is 0.00797. The van der Waals surface area contributed by atoms with E-state index in [0.29, 0.717) is 18.5 Å². The molecule has 1 spiro atoms. The summed E-state index contributed by atoms with van der Waals surface area (Å²) >= 11 is 1.47. The number of nitrogens with one attached hydrogen (secondary N) is 2. The van der Waals surface area contributed by atoms with E-state index in [-0.39, 0.29) is 5.91 Å². The molecule has 25 heavy (non-hydrogen) atoms. The quantitative estimate of drug-likeness (QED) is 0.460. The van der Waals surface area contributed by atoms with Gasteiger partial charge in [0.1, 0.15) is 0 Å². The number of carbonyl (C=O) groups is 1. The normalized spacial score (nSPS) is 23.4. The molecule has 1 aromatic rings. The van der Waals surface area contributed by atoms with Gasteiger partial charge in [-0.1, -0.05) is 6.07 Å². The first-order valence-corrected chi connectivity index (χ1v) is 10.0. The fourth-order valence-corrected chi connectivity index (χ4v) is 4.11. The number of amides is 1. The van der Waals surface area contributed by atoms with Crippen molar-refractivity contribution in [2.75, 3.05) is 45.9 Å². The zero-order valence-electron chi connectivity index (χ0n) is 14.9. The number of hydrogen-bond acceptors (Lipinski definition) is 4. The fourth-order valence-electron chi connectivity index (χ4n) is 3.47. The molecule has 0 saturated carbocycles. The second kappa shape index (κ2) is 8.67. The molecule has 138 valence electrons. The highest BCUT2D eigenvalue weighted by atomic mass is 32.1. The number of guanidine groups is 1. The molecule has 2 aliphatic heterocycles. The van der Waals surface area contributed by atoms with Gasteiger partial charge in [0, 0.05) is 44.7 Å². The summed E-state index contributed by atoms with van der Waals surface area (Å²) in [7, 11) is 0. The zero-order chi connectivity index (χ0) is 17.5. The van der Waals surface area contributed by atoms with Crippen LogP contribution in [0.4, 0.5) is 0 Å². The van der Waals surface area contributed by atoms with Crippen molar-refractivity contribution in [2.45, 2.75) is 26.2 Å². The van der Waals surface area contributed by atoms with Crippen LogP contribution in [0.25, 0.3) is 0 Å². The lowest BCUT2D eigenvalue weighted by Gasteiger charge is -2.25. The molecular formula is C18H28N4O2S. The molecule has 1 atom stereocenters. The van der Waals surface area contributed by atoms with Crippen molar-refractivity contribution in [3.63, 3.8) is 0 Å². The average molecular weight is 365 g/mol. The van der Waals surface area contributed by atoms with Gasteiger partial charge in [-0.25, -0.2) is 0 Å². The first-order valence-electron chi connectivity index (χ1n) is 9.15. The van der Waals surface area contributed by atoms with Gasteiger partial charge in [0.2, 0.25) is 0 Å². The predicted octanol–water partition coefficient (Wildman–Crippen LogP) is 1.95. The third kappa shape index (κ3) is 4.73. The van der Waals surface area contributed by atoms with Crippen molar-refractivity contribution in [2.24, 2.45) is 10.4 Å². The topological polar surface area (TPSA) is 66.0 Å². The Balaban J connectivity index is 1.43. The Morgan fingerprint density at radius 1 is 1.44 bits per heavy atom. The molecule has 2 aliphatic rings. The summed E-state index contributed by atoms with van der Waals surface area (Å²) in [6.07, 6.45) is 3.19. The molecule has 0 aromatic carbocycles. The molecule has 2 N–H and O–H groups in total. The van der Waals surface area contributed by atoms with Gasteiger partial charge in [-0.2, -0.15) is 0 Å². The van der Waals surface area contributed by atoms with Crippen LogP contribution in [0, 0.1) is 5.41 Å². The van der Waals surface area contributed by atoms with Gasteiger partial charge in [-0.15, -0.1) is 11.3 Å². The van der Waals surface area contributed by atoms with E-state index < -0.39 is 0 Å². The Morgan fingerprint density at radius 3 is 3.08 bits per heavy atom. The highest BCUT2D eigenvalue weighted by Crippen LogP contribution is 2.38. The molecule has 2 fully saturated rings. The summed E-state index contributed by atoms with van der Waals surface area (Å²) in [5.41, 5.74) is 0.338. The second-order valence-electron chi connectivity index (χ2n) is 6.80. The van der Waals surface area contributed by atoms with Crippen molar-refractivity contribution in [1.82, 2.24) is 15.5 Å². The lowest BCUT2D eigenvalue weighted by Crippen LogP contribution is -2.41. The summed E-state index contributed by atoms with van der Waals surface area (Å²) in [5.74, 6) is 1.00. The molecular weight excluding hydrogens is 336 g/mol. The number of likely N-dealkylation sites (tertiary alicyclic amines) is 1. The van der Waals surface area contributed by atoms with Crippen molar-refractivity contribution < 1.29 is 9.53 Å². The van der Waals surface area contributed by atoms with Crippen molar-refractivity contribution in [3.05, 3.63) is 22.4 Å². The maximum absolute atomic E-state index is 11.9. The third-order valence-corrected chi connectivity index (χ3v) is 5.75. The van der Waals surface area contributed by atoms with E-state index in [9.17, 15) is 4.79 Å². The first kappa shape index (κ1) is 18.2. The van der Waals surface area contributed by atoms with E-state index in [4.69, 9.17) is 9.73 Å². The summed E-state index contributed by atoms with van der Waals surface area (Å²) in [6.45, 7) is 8.20. The van der Waals surface area contributed by atoms with Crippen LogP contribution in [0.1, 0.15) is 35.9 Å². The highest BCUT2D eigenvalue weighted by Gasteiger charge is 2.42. The number of rotatable bonds is 6. The molecule has 0 aliphatic carbocycles. The third-order valence-electron chi connectivity index (χ3n) is 4.88. The molecule has 7 heteroatoms. The molecule has 6 nitrogen and oxygen atoms in total. The Hall–Kier alpha value is -1.60. The van der Waals surface area contributed by atoms with Crippen LogP contribution in [0.3, 0.4) is 0 Å². The van der Waals surface area contributed by atoms with Crippen LogP contribution in [0.2, 0.25) is 0 Å².